The van der Waals surface area contributed by atoms with E-state index in [0.29, 0.717) is 16.4 Å². The zero-order chi connectivity index (χ0) is 12.3. The summed E-state index contributed by atoms with van der Waals surface area (Å²) in [6.45, 7) is 0. The Bertz CT molecular complexity index is 553. The smallest absolute Gasteiger partial charge is 0.252 e. The zero-order valence-corrected chi connectivity index (χ0v) is 8.81. The molecule has 86 valence electrons. The highest BCUT2D eigenvalue weighted by molar-refractivity contribution is 5.76. The van der Waals surface area contributed by atoms with E-state index in [4.69, 9.17) is 0 Å². The SMILES string of the molecule is [O-][N+](=Cc1ccccc1)c1ccc(F)cc1F. The summed E-state index contributed by atoms with van der Waals surface area (Å²) in [5, 5.41) is 11.6. The maximum Gasteiger partial charge on any atom is 0.252 e. The van der Waals surface area contributed by atoms with Gasteiger partial charge in [-0.1, -0.05) is 18.2 Å². The van der Waals surface area contributed by atoms with E-state index in [1.54, 1.807) is 24.3 Å². The minimum absolute atomic E-state index is 0.213. The van der Waals surface area contributed by atoms with Gasteiger partial charge in [0.15, 0.2) is 12.0 Å². The van der Waals surface area contributed by atoms with Gasteiger partial charge in [-0.2, -0.15) is 9.13 Å². The van der Waals surface area contributed by atoms with Crippen molar-refractivity contribution in [3.8, 4) is 0 Å². The third-order valence-electron chi connectivity index (χ3n) is 2.21. The van der Waals surface area contributed by atoms with Crippen molar-refractivity contribution in [1.82, 2.24) is 0 Å². The van der Waals surface area contributed by atoms with E-state index >= 15 is 0 Å². The number of nitrogens with zero attached hydrogens (tertiary/aromatic N) is 1. The first-order chi connectivity index (χ1) is 8.16. The predicted molar refractivity (Wildman–Crippen MR) is 61.3 cm³/mol. The monoisotopic (exact) mass is 233 g/mol. The maximum absolute atomic E-state index is 13.3. The van der Waals surface area contributed by atoms with Crippen LogP contribution in [0.1, 0.15) is 5.56 Å². The second kappa shape index (κ2) is 4.74. The highest BCUT2D eigenvalue weighted by atomic mass is 19.1. The van der Waals surface area contributed by atoms with Crippen LogP contribution >= 0.6 is 0 Å². The van der Waals surface area contributed by atoms with Crippen molar-refractivity contribution in [1.29, 1.82) is 0 Å². The Labute approximate surface area is 97.0 Å². The van der Waals surface area contributed by atoms with Gasteiger partial charge in [0.2, 0.25) is 0 Å². The number of rotatable bonds is 2. The van der Waals surface area contributed by atoms with Gasteiger partial charge in [0.1, 0.15) is 5.82 Å². The number of hydrogen-bond donors (Lipinski definition) is 0. The summed E-state index contributed by atoms with van der Waals surface area (Å²) in [5.41, 5.74) is 0.432. The van der Waals surface area contributed by atoms with Gasteiger partial charge in [-0.3, -0.25) is 0 Å². The topological polar surface area (TPSA) is 26.1 Å². The molecule has 2 rings (SSSR count). The first-order valence-electron chi connectivity index (χ1n) is 4.98. The average molecular weight is 233 g/mol. The maximum atomic E-state index is 13.3. The van der Waals surface area contributed by atoms with Crippen molar-refractivity contribution in [2.75, 3.05) is 0 Å². The highest BCUT2D eigenvalue weighted by Gasteiger charge is 2.10. The van der Waals surface area contributed by atoms with Gasteiger partial charge in [0.25, 0.3) is 5.69 Å². The summed E-state index contributed by atoms with van der Waals surface area (Å²) in [4.78, 5) is 0. The molecule has 0 N–H and O–H groups in total. The predicted octanol–water partition coefficient (Wildman–Crippen LogP) is 3.23. The first kappa shape index (κ1) is 11.3. The molecule has 0 amide bonds. The van der Waals surface area contributed by atoms with Crippen molar-refractivity contribution < 1.29 is 13.5 Å². The summed E-state index contributed by atoms with van der Waals surface area (Å²) in [6, 6.07) is 11.6. The minimum atomic E-state index is -0.882. The largest absolute Gasteiger partial charge is 0.618 e. The van der Waals surface area contributed by atoms with Gasteiger partial charge in [-0.15, -0.1) is 0 Å². The number of hydrogen-bond acceptors (Lipinski definition) is 1. The Hall–Kier alpha value is -2.23. The molecular weight excluding hydrogens is 224 g/mol. The molecule has 2 aromatic carbocycles. The molecule has 0 heterocycles. The van der Waals surface area contributed by atoms with Crippen molar-refractivity contribution in [3.63, 3.8) is 0 Å². The molecule has 0 bridgehead atoms. The molecule has 0 aromatic heterocycles. The molecular formula is C13H9F2NO. The minimum Gasteiger partial charge on any atom is -0.618 e. The third kappa shape index (κ3) is 2.66. The van der Waals surface area contributed by atoms with Crippen molar-refractivity contribution in [3.05, 3.63) is 70.9 Å². The summed E-state index contributed by atoms with van der Waals surface area (Å²) >= 11 is 0. The van der Waals surface area contributed by atoms with Crippen LogP contribution in [-0.2, 0) is 0 Å². The van der Waals surface area contributed by atoms with Crippen molar-refractivity contribution in [2.45, 2.75) is 0 Å². The number of halogens is 2. The summed E-state index contributed by atoms with van der Waals surface area (Å²) < 4.78 is 26.3. The fraction of sp³-hybridized carbons (Fsp3) is 0. The first-order valence-corrected chi connectivity index (χ1v) is 4.98. The Morgan fingerprint density at radius 1 is 1.00 bits per heavy atom. The molecule has 2 nitrogen and oxygen atoms in total. The lowest BCUT2D eigenvalue weighted by Crippen LogP contribution is -2.01. The fourth-order valence-electron chi connectivity index (χ4n) is 1.40. The van der Waals surface area contributed by atoms with E-state index in [1.807, 2.05) is 6.07 Å². The molecule has 0 spiro atoms. The molecule has 0 saturated heterocycles. The van der Waals surface area contributed by atoms with Gasteiger partial charge in [0.05, 0.1) is 0 Å². The standard InChI is InChI=1S/C13H9F2NO/c14-11-6-7-13(12(15)8-11)16(17)9-10-4-2-1-3-5-10/h1-9H. The van der Waals surface area contributed by atoms with Crippen molar-refractivity contribution in [2.24, 2.45) is 0 Å². The molecule has 0 atom stereocenters. The molecule has 0 saturated carbocycles. The molecule has 0 aliphatic rings. The van der Waals surface area contributed by atoms with Gasteiger partial charge in [0, 0.05) is 17.7 Å². The quantitative estimate of drug-likeness (QED) is 0.338. The van der Waals surface area contributed by atoms with Gasteiger partial charge >= 0.3 is 0 Å². The van der Waals surface area contributed by atoms with Gasteiger partial charge in [-0.05, 0) is 18.2 Å². The summed E-state index contributed by atoms with van der Waals surface area (Å²) in [6.07, 6.45) is 1.23. The molecule has 0 unspecified atom stereocenters. The lowest BCUT2D eigenvalue weighted by molar-refractivity contribution is -0.357. The highest BCUT2D eigenvalue weighted by Crippen LogP contribution is 2.17. The summed E-state index contributed by atoms with van der Waals surface area (Å²) in [5.74, 6) is -1.59. The van der Waals surface area contributed by atoms with Crippen molar-refractivity contribution >= 4 is 11.9 Å². The molecule has 2 aromatic rings. The Morgan fingerprint density at radius 2 is 1.71 bits per heavy atom. The Kier molecular flexibility index (Phi) is 3.14. The van der Waals surface area contributed by atoms with Crippen LogP contribution in [0.3, 0.4) is 0 Å². The van der Waals surface area contributed by atoms with E-state index in [2.05, 4.69) is 0 Å². The zero-order valence-electron chi connectivity index (χ0n) is 8.81. The Morgan fingerprint density at radius 3 is 2.35 bits per heavy atom. The van der Waals surface area contributed by atoms with E-state index in [0.717, 1.165) is 12.1 Å². The van der Waals surface area contributed by atoms with Crippen LogP contribution < -0.4 is 0 Å². The Balaban J connectivity index is 2.37. The van der Waals surface area contributed by atoms with Crippen LogP contribution in [0.5, 0.6) is 0 Å². The normalized spacial score (nSPS) is 11.5. The van der Waals surface area contributed by atoms with Gasteiger partial charge < -0.3 is 5.21 Å². The second-order valence-corrected chi connectivity index (χ2v) is 3.46. The fourth-order valence-corrected chi connectivity index (χ4v) is 1.40. The molecule has 0 fully saturated rings. The lowest BCUT2D eigenvalue weighted by Gasteiger charge is -2.03. The molecule has 17 heavy (non-hydrogen) atoms. The molecule has 4 heteroatoms. The third-order valence-corrected chi connectivity index (χ3v) is 2.21. The van der Waals surface area contributed by atoms with Crippen LogP contribution in [0.2, 0.25) is 0 Å². The van der Waals surface area contributed by atoms with Crippen LogP contribution in [0.4, 0.5) is 14.5 Å². The van der Waals surface area contributed by atoms with Crippen LogP contribution in [0.15, 0.2) is 48.5 Å². The van der Waals surface area contributed by atoms with E-state index in [9.17, 15) is 14.0 Å². The molecule has 0 aliphatic heterocycles. The van der Waals surface area contributed by atoms with Crippen LogP contribution in [0.25, 0.3) is 0 Å². The van der Waals surface area contributed by atoms with Crippen LogP contribution in [0, 0.1) is 16.8 Å². The molecule has 0 aliphatic carbocycles. The lowest BCUT2D eigenvalue weighted by atomic mass is 10.2. The van der Waals surface area contributed by atoms with E-state index < -0.39 is 11.6 Å². The summed E-state index contributed by atoms with van der Waals surface area (Å²) in [7, 11) is 0. The molecule has 0 radical (unpaired) electrons. The van der Waals surface area contributed by atoms with Crippen LogP contribution in [-0.4, -0.2) is 11.0 Å². The van der Waals surface area contributed by atoms with E-state index in [1.165, 1.54) is 6.21 Å². The number of benzene rings is 2. The second-order valence-electron chi connectivity index (χ2n) is 3.46. The average Bonchev–Trinajstić information content (AvgIpc) is 2.30. The van der Waals surface area contributed by atoms with Gasteiger partial charge in [-0.25, -0.2) is 4.39 Å². The van der Waals surface area contributed by atoms with E-state index in [-0.39, 0.29) is 5.69 Å².